The molecule has 1 aromatic carbocycles. The molecule has 0 amide bonds. The Labute approximate surface area is 170 Å². The highest BCUT2D eigenvalue weighted by molar-refractivity contribution is 6.01. The summed E-state index contributed by atoms with van der Waals surface area (Å²) in [5.41, 5.74) is 0.147. The van der Waals surface area contributed by atoms with Gasteiger partial charge in [0.05, 0.1) is 11.9 Å². The van der Waals surface area contributed by atoms with Crippen LogP contribution in [0.3, 0.4) is 0 Å². The zero-order valence-corrected chi connectivity index (χ0v) is 17.6. The van der Waals surface area contributed by atoms with Gasteiger partial charge >= 0.3 is 0 Å². The van der Waals surface area contributed by atoms with Crippen LogP contribution >= 0.6 is 0 Å². The maximum Gasteiger partial charge on any atom is 0.0724 e. The predicted molar refractivity (Wildman–Crippen MR) is 109 cm³/mol. The summed E-state index contributed by atoms with van der Waals surface area (Å²) in [5, 5.41) is 23.1. The van der Waals surface area contributed by atoms with Crippen molar-refractivity contribution in [2.75, 3.05) is 0 Å². The van der Waals surface area contributed by atoms with Crippen LogP contribution in [-0.2, 0) is 0 Å². The van der Waals surface area contributed by atoms with Gasteiger partial charge < -0.3 is 19.8 Å². The molecule has 0 saturated heterocycles. The Bertz CT molecular complexity index is 594. The van der Waals surface area contributed by atoms with Crippen molar-refractivity contribution in [1.29, 1.82) is 0 Å². The van der Waals surface area contributed by atoms with Gasteiger partial charge in [-0.2, -0.15) is 0 Å². The number of rotatable bonds is 16. The second-order valence-corrected chi connectivity index (χ2v) is 7.80. The highest BCUT2D eigenvalue weighted by atomic mass is 16.4. The third-order valence-corrected chi connectivity index (χ3v) is 5.52. The molecule has 0 spiro atoms. The van der Waals surface area contributed by atoms with Gasteiger partial charge in [0.25, 0.3) is 0 Å². The molecule has 0 aliphatic heterocycles. The number of hydrogen-bond acceptors (Lipinski definition) is 4. The molecule has 0 aliphatic rings. The van der Waals surface area contributed by atoms with E-state index in [-0.39, 0.29) is 17.0 Å². The molecule has 158 valence electrons. The summed E-state index contributed by atoms with van der Waals surface area (Å²) in [6.45, 7) is 4.37. The van der Waals surface area contributed by atoms with E-state index in [0.717, 1.165) is 38.5 Å². The summed E-state index contributed by atoms with van der Waals surface area (Å²) >= 11 is 0. The fourth-order valence-corrected chi connectivity index (χ4v) is 3.93. The van der Waals surface area contributed by atoms with Crippen molar-refractivity contribution in [3.05, 3.63) is 34.9 Å². The Morgan fingerprint density at radius 3 is 1.71 bits per heavy atom. The van der Waals surface area contributed by atoms with Gasteiger partial charge in [0.15, 0.2) is 0 Å². The van der Waals surface area contributed by atoms with E-state index in [2.05, 4.69) is 13.8 Å². The Balaban J connectivity index is 2.88. The highest BCUT2D eigenvalue weighted by Crippen LogP contribution is 2.32. The zero-order valence-electron chi connectivity index (χ0n) is 17.6. The lowest BCUT2D eigenvalue weighted by Gasteiger charge is -2.24. The lowest BCUT2D eigenvalue weighted by atomic mass is 9.84. The normalized spacial score (nSPS) is 12.1. The Morgan fingerprint density at radius 1 is 0.750 bits per heavy atom. The zero-order chi connectivity index (χ0) is 20.8. The van der Waals surface area contributed by atoms with Crippen LogP contribution in [0, 0.1) is 0 Å². The van der Waals surface area contributed by atoms with Crippen molar-refractivity contribution < 1.29 is 19.8 Å². The topological polar surface area (TPSA) is 80.3 Å². The van der Waals surface area contributed by atoms with Crippen LogP contribution in [0.25, 0.3) is 0 Å². The third-order valence-electron chi connectivity index (χ3n) is 5.52. The van der Waals surface area contributed by atoms with E-state index < -0.39 is 11.9 Å². The molecular formula is C24H36O4-2. The van der Waals surface area contributed by atoms with E-state index >= 15 is 0 Å². The minimum Gasteiger partial charge on any atom is -0.545 e. The minimum absolute atomic E-state index is 0.0556. The number of carboxylic acid groups (broad SMARTS) is 2. The van der Waals surface area contributed by atoms with E-state index in [9.17, 15) is 19.8 Å². The van der Waals surface area contributed by atoms with Crippen molar-refractivity contribution in [3.8, 4) is 0 Å². The number of hydrogen-bond donors (Lipinski definition) is 0. The number of carboxylic acids is 2. The third kappa shape index (κ3) is 8.45. The predicted octanol–water partition coefficient (Wildman–Crippen LogP) is 4.61. The summed E-state index contributed by atoms with van der Waals surface area (Å²) in [6, 6.07) is 4.68. The lowest BCUT2D eigenvalue weighted by molar-refractivity contribution is -0.259. The van der Waals surface area contributed by atoms with Crippen LogP contribution in [0.2, 0.25) is 0 Å². The molecule has 0 bridgehead atoms. The number of carbonyl (C=O) groups is 2. The standard InChI is InChI=1S/C24H38O4/c1-3-5-7-9-11-13-16-19(15-12-10-8-6-4-2)20-17-14-18-21(23(25)26)22(20)24(27)28/h14,17-19H,3-13,15-16H2,1-2H3,(H,25,26)(H,27,28)/p-2. The molecule has 4 heteroatoms. The highest BCUT2D eigenvalue weighted by Gasteiger charge is 2.18. The first-order valence-electron chi connectivity index (χ1n) is 11.1. The van der Waals surface area contributed by atoms with Crippen LogP contribution in [0.5, 0.6) is 0 Å². The van der Waals surface area contributed by atoms with Gasteiger partial charge in [-0.1, -0.05) is 103 Å². The van der Waals surface area contributed by atoms with Gasteiger partial charge in [-0.3, -0.25) is 0 Å². The molecule has 28 heavy (non-hydrogen) atoms. The maximum atomic E-state index is 11.7. The Morgan fingerprint density at radius 2 is 1.25 bits per heavy atom. The van der Waals surface area contributed by atoms with Crippen LogP contribution in [0.4, 0.5) is 0 Å². The molecule has 1 rings (SSSR count). The number of benzene rings is 1. The van der Waals surface area contributed by atoms with Crippen molar-refractivity contribution in [1.82, 2.24) is 0 Å². The van der Waals surface area contributed by atoms with Crippen molar-refractivity contribution >= 4 is 11.9 Å². The first kappa shape index (κ1) is 24.2. The average Bonchev–Trinajstić information content (AvgIpc) is 2.68. The van der Waals surface area contributed by atoms with E-state index in [0.29, 0.717) is 5.56 Å². The molecule has 1 aromatic rings. The van der Waals surface area contributed by atoms with Gasteiger partial charge in [-0.15, -0.1) is 0 Å². The summed E-state index contributed by atoms with van der Waals surface area (Å²) in [7, 11) is 0. The molecule has 1 atom stereocenters. The van der Waals surface area contributed by atoms with E-state index in [1.165, 1.54) is 51.0 Å². The van der Waals surface area contributed by atoms with E-state index in [4.69, 9.17) is 0 Å². The van der Waals surface area contributed by atoms with E-state index in [1.807, 2.05) is 0 Å². The molecule has 0 radical (unpaired) electrons. The lowest BCUT2D eigenvalue weighted by Crippen LogP contribution is -2.31. The molecule has 0 aliphatic carbocycles. The fourth-order valence-electron chi connectivity index (χ4n) is 3.93. The summed E-state index contributed by atoms with van der Waals surface area (Å²) in [5.74, 6) is -2.82. The van der Waals surface area contributed by atoms with Crippen molar-refractivity contribution in [3.63, 3.8) is 0 Å². The number of carbonyl (C=O) groups excluding carboxylic acids is 2. The van der Waals surface area contributed by atoms with Crippen LogP contribution in [0.1, 0.15) is 130 Å². The van der Waals surface area contributed by atoms with Gasteiger partial charge in [-0.25, -0.2) is 0 Å². The maximum absolute atomic E-state index is 11.7. The van der Waals surface area contributed by atoms with Crippen LogP contribution < -0.4 is 10.2 Å². The van der Waals surface area contributed by atoms with Gasteiger partial charge in [-0.05, 0) is 24.3 Å². The summed E-state index contributed by atoms with van der Waals surface area (Å²) < 4.78 is 0. The Hall–Kier alpha value is -1.84. The number of aromatic carboxylic acids is 2. The monoisotopic (exact) mass is 388 g/mol. The van der Waals surface area contributed by atoms with Crippen LogP contribution in [0.15, 0.2) is 18.2 Å². The molecular weight excluding hydrogens is 352 g/mol. The van der Waals surface area contributed by atoms with Crippen molar-refractivity contribution in [2.45, 2.75) is 103 Å². The SMILES string of the molecule is CCCCCCCCC(CCCCCCC)c1cccc(C(=O)[O-])c1C(=O)[O-]. The number of unbranched alkanes of at least 4 members (excludes halogenated alkanes) is 9. The first-order valence-corrected chi connectivity index (χ1v) is 11.1. The van der Waals surface area contributed by atoms with Crippen LogP contribution in [-0.4, -0.2) is 11.9 Å². The summed E-state index contributed by atoms with van der Waals surface area (Å²) in [6.07, 6.45) is 14.6. The fraction of sp³-hybridized carbons (Fsp3) is 0.667. The smallest absolute Gasteiger partial charge is 0.0724 e. The van der Waals surface area contributed by atoms with Crippen molar-refractivity contribution in [2.24, 2.45) is 0 Å². The van der Waals surface area contributed by atoms with Gasteiger partial charge in [0, 0.05) is 11.1 Å². The average molecular weight is 389 g/mol. The first-order chi connectivity index (χ1) is 13.5. The molecule has 0 aromatic heterocycles. The largest absolute Gasteiger partial charge is 0.545 e. The summed E-state index contributed by atoms with van der Waals surface area (Å²) in [4.78, 5) is 23.1. The quantitative estimate of drug-likeness (QED) is 0.387. The second-order valence-electron chi connectivity index (χ2n) is 7.80. The minimum atomic E-state index is -1.46. The molecule has 0 N–H and O–H groups in total. The second kappa shape index (κ2) is 14.2. The van der Waals surface area contributed by atoms with E-state index in [1.54, 1.807) is 12.1 Å². The molecule has 0 fully saturated rings. The molecule has 1 unspecified atom stereocenters. The van der Waals surface area contributed by atoms with Gasteiger partial charge in [0.1, 0.15) is 0 Å². The van der Waals surface area contributed by atoms with Gasteiger partial charge in [0.2, 0.25) is 0 Å². The molecule has 4 nitrogen and oxygen atoms in total. The molecule has 0 heterocycles. The molecule has 0 saturated carbocycles. The Kier molecular flexibility index (Phi) is 12.3.